The highest BCUT2D eigenvalue weighted by Gasteiger charge is 2.05. The van der Waals surface area contributed by atoms with Crippen molar-refractivity contribution in [1.82, 2.24) is 19.7 Å². The molecule has 19 heavy (non-hydrogen) atoms. The maximum Gasteiger partial charge on any atom is 0.159 e. The van der Waals surface area contributed by atoms with Crippen molar-refractivity contribution < 1.29 is 0 Å². The molecule has 0 radical (unpaired) electrons. The summed E-state index contributed by atoms with van der Waals surface area (Å²) in [4.78, 5) is 8.37. The zero-order valence-corrected chi connectivity index (χ0v) is 10.5. The number of hydrogen-bond donors (Lipinski definition) is 1. The van der Waals surface area contributed by atoms with Crippen LogP contribution < -0.4 is 5.73 Å². The highest BCUT2D eigenvalue weighted by atomic mass is 15.3. The summed E-state index contributed by atoms with van der Waals surface area (Å²) in [6.07, 6.45) is 3.74. The first kappa shape index (κ1) is 11.4. The Kier molecular flexibility index (Phi) is 2.72. The van der Waals surface area contributed by atoms with Gasteiger partial charge in [-0.25, -0.2) is 14.6 Å². The SMILES string of the molecule is Cc1nc(N)cc(-n2cc(-c3ccccc3)cn2)n1. The van der Waals surface area contributed by atoms with Crippen molar-refractivity contribution in [2.45, 2.75) is 6.92 Å². The molecule has 1 aromatic carbocycles. The molecule has 0 saturated heterocycles. The third-order valence-electron chi connectivity index (χ3n) is 2.77. The molecule has 0 aliphatic rings. The van der Waals surface area contributed by atoms with E-state index in [-0.39, 0.29) is 0 Å². The molecule has 0 bridgehead atoms. The number of benzene rings is 1. The van der Waals surface area contributed by atoms with E-state index in [2.05, 4.69) is 15.1 Å². The number of nitrogens with zero attached hydrogens (tertiary/aromatic N) is 4. The van der Waals surface area contributed by atoms with Gasteiger partial charge in [-0.3, -0.25) is 0 Å². The van der Waals surface area contributed by atoms with Crippen LogP contribution in [0.1, 0.15) is 5.82 Å². The summed E-state index contributed by atoms with van der Waals surface area (Å²) in [6.45, 7) is 1.81. The number of rotatable bonds is 2. The van der Waals surface area contributed by atoms with Gasteiger partial charge in [0.1, 0.15) is 11.6 Å². The fraction of sp³-hybridized carbons (Fsp3) is 0.0714. The Morgan fingerprint density at radius 3 is 2.58 bits per heavy atom. The Hall–Kier alpha value is -2.69. The first-order chi connectivity index (χ1) is 9.22. The molecule has 0 spiro atoms. The third kappa shape index (κ3) is 2.30. The standard InChI is InChI=1S/C14H13N5/c1-10-17-13(15)7-14(18-10)19-9-12(8-16-19)11-5-3-2-4-6-11/h2-9H,1H3,(H2,15,17,18). The Morgan fingerprint density at radius 1 is 1.05 bits per heavy atom. The van der Waals surface area contributed by atoms with Crippen LogP contribution in [0.3, 0.4) is 0 Å². The maximum absolute atomic E-state index is 5.72. The first-order valence-electron chi connectivity index (χ1n) is 5.94. The molecular formula is C14H13N5. The van der Waals surface area contributed by atoms with Gasteiger partial charge in [-0.15, -0.1) is 0 Å². The molecule has 3 rings (SSSR count). The second-order valence-electron chi connectivity index (χ2n) is 4.24. The van der Waals surface area contributed by atoms with Gasteiger partial charge in [0.05, 0.1) is 6.20 Å². The van der Waals surface area contributed by atoms with E-state index in [1.165, 1.54) is 0 Å². The summed E-state index contributed by atoms with van der Waals surface area (Å²) in [7, 11) is 0. The number of hydrogen-bond acceptors (Lipinski definition) is 4. The monoisotopic (exact) mass is 251 g/mol. The van der Waals surface area contributed by atoms with E-state index in [0.29, 0.717) is 17.5 Å². The van der Waals surface area contributed by atoms with Crippen LogP contribution in [0, 0.1) is 6.92 Å². The summed E-state index contributed by atoms with van der Waals surface area (Å²) in [5.74, 6) is 1.75. The van der Waals surface area contributed by atoms with Crippen molar-refractivity contribution in [1.29, 1.82) is 0 Å². The van der Waals surface area contributed by atoms with Crippen molar-refractivity contribution in [2.75, 3.05) is 5.73 Å². The summed E-state index contributed by atoms with van der Waals surface area (Å²) in [5.41, 5.74) is 7.88. The van der Waals surface area contributed by atoms with Gasteiger partial charge in [0.25, 0.3) is 0 Å². The van der Waals surface area contributed by atoms with Crippen molar-refractivity contribution in [2.24, 2.45) is 0 Å². The maximum atomic E-state index is 5.72. The van der Waals surface area contributed by atoms with Crippen molar-refractivity contribution >= 4 is 5.82 Å². The van der Waals surface area contributed by atoms with E-state index in [4.69, 9.17) is 5.73 Å². The van der Waals surface area contributed by atoms with E-state index >= 15 is 0 Å². The van der Waals surface area contributed by atoms with Crippen LogP contribution in [0.15, 0.2) is 48.8 Å². The van der Waals surface area contributed by atoms with Gasteiger partial charge in [0.15, 0.2) is 5.82 Å². The molecule has 2 N–H and O–H groups in total. The van der Waals surface area contributed by atoms with Crippen LogP contribution in [0.4, 0.5) is 5.82 Å². The van der Waals surface area contributed by atoms with E-state index in [1.54, 1.807) is 10.7 Å². The minimum Gasteiger partial charge on any atom is -0.384 e. The molecule has 0 aliphatic carbocycles. The van der Waals surface area contributed by atoms with Gasteiger partial charge >= 0.3 is 0 Å². The van der Waals surface area contributed by atoms with Crippen LogP contribution in [0.25, 0.3) is 16.9 Å². The van der Waals surface area contributed by atoms with E-state index in [0.717, 1.165) is 11.1 Å². The average molecular weight is 251 g/mol. The van der Waals surface area contributed by atoms with Crippen LogP contribution in [-0.2, 0) is 0 Å². The molecule has 0 unspecified atom stereocenters. The van der Waals surface area contributed by atoms with Crippen LogP contribution in [-0.4, -0.2) is 19.7 Å². The second-order valence-corrected chi connectivity index (χ2v) is 4.24. The minimum atomic E-state index is 0.444. The molecule has 5 heteroatoms. The van der Waals surface area contributed by atoms with Crippen LogP contribution in [0.2, 0.25) is 0 Å². The van der Waals surface area contributed by atoms with Crippen molar-refractivity contribution in [3.8, 4) is 16.9 Å². The molecule has 0 amide bonds. The Balaban J connectivity index is 2.02. The molecule has 5 nitrogen and oxygen atoms in total. The molecule has 0 saturated carbocycles. The summed E-state index contributed by atoms with van der Waals surface area (Å²) < 4.78 is 1.70. The number of nitrogen functional groups attached to an aromatic ring is 1. The number of anilines is 1. The highest BCUT2D eigenvalue weighted by Crippen LogP contribution is 2.19. The van der Waals surface area contributed by atoms with Gasteiger partial charge in [0.2, 0.25) is 0 Å². The van der Waals surface area contributed by atoms with E-state index in [9.17, 15) is 0 Å². The van der Waals surface area contributed by atoms with Crippen molar-refractivity contribution in [3.05, 3.63) is 54.6 Å². The van der Waals surface area contributed by atoms with Gasteiger partial charge in [-0.2, -0.15) is 5.10 Å². The fourth-order valence-corrected chi connectivity index (χ4v) is 1.92. The smallest absolute Gasteiger partial charge is 0.159 e. The van der Waals surface area contributed by atoms with E-state index < -0.39 is 0 Å². The quantitative estimate of drug-likeness (QED) is 0.758. The van der Waals surface area contributed by atoms with Gasteiger partial charge < -0.3 is 5.73 Å². The average Bonchev–Trinajstić information content (AvgIpc) is 2.88. The highest BCUT2D eigenvalue weighted by molar-refractivity contribution is 5.61. The zero-order chi connectivity index (χ0) is 13.2. The number of aromatic nitrogens is 4. The predicted molar refractivity (Wildman–Crippen MR) is 73.7 cm³/mol. The van der Waals surface area contributed by atoms with Crippen LogP contribution >= 0.6 is 0 Å². The van der Waals surface area contributed by atoms with Gasteiger partial charge in [-0.05, 0) is 12.5 Å². The number of nitrogens with two attached hydrogens (primary N) is 1. The summed E-state index contributed by atoms with van der Waals surface area (Å²) >= 11 is 0. The summed E-state index contributed by atoms with van der Waals surface area (Å²) in [5, 5.41) is 4.32. The largest absolute Gasteiger partial charge is 0.384 e. The minimum absolute atomic E-state index is 0.444. The van der Waals surface area contributed by atoms with Gasteiger partial charge in [-0.1, -0.05) is 30.3 Å². The number of aryl methyl sites for hydroxylation is 1. The Morgan fingerprint density at radius 2 is 1.84 bits per heavy atom. The zero-order valence-electron chi connectivity index (χ0n) is 10.5. The molecule has 2 heterocycles. The predicted octanol–water partition coefficient (Wildman–Crippen LogP) is 2.22. The molecule has 0 atom stereocenters. The van der Waals surface area contributed by atoms with Gasteiger partial charge in [0, 0.05) is 17.8 Å². The first-order valence-corrected chi connectivity index (χ1v) is 5.94. The lowest BCUT2D eigenvalue weighted by molar-refractivity contribution is 0.830. The van der Waals surface area contributed by atoms with Crippen LogP contribution in [0.5, 0.6) is 0 Å². The molecule has 3 aromatic rings. The summed E-state index contributed by atoms with van der Waals surface area (Å²) in [6, 6.07) is 11.8. The third-order valence-corrected chi connectivity index (χ3v) is 2.77. The lowest BCUT2D eigenvalue weighted by Gasteiger charge is -2.02. The topological polar surface area (TPSA) is 69.6 Å². The van der Waals surface area contributed by atoms with Crippen molar-refractivity contribution in [3.63, 3.8) is 0 Å². The fourth-order valence-electron chi connectivity index (χ4n) is 1.92. The molecular weight excluding hydrogens is 238 g/mol. The Bertz CT molecular complexity index is 683. The lowest BCUT2D eigenvalue weighted by atomic mass is 10.1. The molecule has 94 valence electrons. The molecule has 0 aliphatic heterocycles. The molecule has 2 aromatic heterocycles. The lowest BCUT2D eigenvalue weighted by Crippen LogP contribution is -2.03. The normalized spacial score (nSPS) is 10.6. The van der Waals surface area contributed by atoms with E-state index in [1.807, 2.05) is 49.6 Å². The second kappa shape index (κ2) is 4.53. The molecule has 0 fully saturated rings. The Labute approximate surface area is 110 Å².